The molecular weight excluding hydrogens is 957 g/mol. The minimum atomic E-state index is -0.777. The largest absolute Gasteiger partial charge is 0.462 e. The van der Waals surface area contributed by atoms with Crippen LogP contribution in [0.4, 0.5) is 0 Å². The van der Waals surface area contributed by atoms with Crippen molar-refractivity contribution in [2.75, 3.05) is 13.2 Å². The molecule has 0 fully saturated rings. The summed E-state index contributed by atoms with van der Waals surface area (Å²) in [4.78, 5) is 24.6. The van der Waals surface area contributed by atoms with Crippen molar-refractivity contribution in [3.8, 4) is 0 Å². The van der Waals surface area contributed by atoms with Gasteiger partial charge in [0.1, 0.15) is 6.61 Å². The van der Waals surface area contributed by atoms with Crippen molar-refractivity contribution in [2.45, 2.75) is 367 Å². The van der Waals surface area contributed by atoms with Crippen LogP contribution in [-0.2, 0) is 19.1 Å². The molecule has 5 nitrogen and oxygen atoms in total. The fraction of sp³-hybridized carbons (Fsp3) is 0.808. The summed E-state index contributed by atoms with van der Waals surface area (Å²) in [7, 11) is 0. The quantitative estimate of drug-likeness (QED) is 0.0373. The Hall–Kier alpha value is -2.66. The molecule has 0 aliphatic heterocycles. The van der Waals surface area contributed by atoms with Gasteiger partial charge in [0, 0.05) is 12.8 Å². The van der Waals surface area contributed by atoms with E-state index in [9.17, 15) is 14.7 Å². The Morgan fingerprint density at radius 3 is 0.769 bits per heavy atom. The first-order valence-electron chi connectivity index (χ1n) is 34.5. The second-order valence-corrected chi connectivity index (χ2v) is 23.3. The first-order chi connectivity index (χ1) is 38.6. The van der Waals surface area contributed by atoms with Crippen molar-refractivity contribution < 1.29 is 24.2 Å². The number of hydrogen-bond acceptors (Lipinski definition) is 5. The maximum absolute atomic E-state index is 12.4. The maximum Gasteiger partial charge on any atom is 0.306 e. The highest BCUT2D eigenvalue weighted by Crippen LogP contribution is 2.18. The van der Waals surface area contributed by atoms with Gasteiger partial charge in [-0.2, -0.15) is 0 Å². The van der Waals surface area contributed by atoms with E-state index in [4.69, 9.17) is 9.47 Å². The van der Waals surface area contributed by atoms with E-state index in [-0.39, 0.29) is 25.2 Å². The molecule has 0 aromatic rings. The first kappa shape index (κ1) is 75.3. The van der Waals surface area contributed by atoms with Crippen LogP contribution in [0, 0.1) is 0 Å². The molecule has 0 aliphatic rings. The number of rotatable bonds is 64. The second kappa shape index (κ2) is 68.6. The standard InChI is InChI=1S/C73H132O5/c1-3-5-7-9-11-13-15-17-19-21-23-25-27-28-29-30-31-32-33-34-35-36-37-38-39-40-41-42-43-44-46-48-50-52-54-56-58-60-62-64-66-68-73(76)78-71(69-74)70-77-72(75)67-65-63-61-59-57-55-53-51-49-47-45-26-24-22-20-18-16-14-12-10-8-6-4-2/h15-18,21-24,27-28,45,47,71,74H,3-14,19-20,25-26,29-44,46,48-70H2,1-2H3/b17-15-,18-16-,23-21-,24-22-,28-27-,47-45-. The third-order valence-electron chi connectivity index (χ3n) is 15.5. The van der Waals surface area contributed by atoms with E-state index in [0.29, 0.717) is 12.8 Å². The minimum absolute atomic E-state index is 0.0681. The van der Waals surface area contributed by atoms with Gasteiger partial charge in [-0.15, -0.1) is 0 Å². The van der Waals surface area contributed by atoms with Crippen molar-refractivity contribution in [3.05, 3.63) is 72.9 Å². The maximum atomic E-state index is 12.4. The molecule has 5 heteroatoms. The smallest absolute Gasteiger partial charge is 0.306 e. The van der Waals surface area contributed by atoms with Gasteiger partial charge in [-0.3, -0.25) is 9.59 Å². The lowest BCUT2D eigenvalue weighted by atomic mass is 10.0. The van der Waals surface area contributed by atoms with Crippen molar-refractivity contribution in [1.29, 1.82) is 0 Å². The number of aliphatic hydroxyl groups is 1. The zero-order valence-electron chi connectivity index (χ0n) is 52.2. The van der Waals surface area contributed by atoms with Crippen molar-refractivity contribution in [2.24, 2.45) is 0 Å². The van der Waals surface area contributed by atoms with Crippen LogP contribution < -0.4 is 0 Å². The Morgan fingerprint density at radius 2 is 0.513 bits per heavy atom. The van der Waals surface area contributed by atoms with Crippen LogP contribution in [0.15, 0.2) is 72.9 Å². The van der Waals surface area contributed by atoms with Gasteiger partial charge < -0.3 is 14.6 Å². The third kappa shape index (κ3) is 65.9. The van der Waals surface area contributed by atoms with Gasteiger partial charge in [-0.25, -0.2) is 0 Å². The van der Waals surface area contributed by atoms with E-state index in [1.807, 2.05) is 0 Å². The Labute approximate surface area is 486 Å². The van der Waals surface area contributed by atoms with Crippen LogP contribution in [0.5, 0.6) is 0 Å². The van der Waals surface area contributed by atoms with Crippen molar-refractivity contribution in [1.82, 2.24) is 0 Å². The average molecular weight is 1090 g/mol. The fourth-order valence-electron chi connectivity index (χ4n) is 10.3. The SMILES string of the molecule is CCCCCCC/C=C\C/C=C\C/C=C\CCCCCCCCCCCCCCCCCCCCCCCCCCCCC(=O)OC(CO)COC(=O)CCCCCCCCCC/C=C\C/C=C\C/C=C\CCCCCCC. The minimum Gasteiger partial charge on any atom is -0.462 e. The molecule has 0 saturated carbocycles. The van der Waals surface area contributed by atoms with Crippen LogP contribution in [-0.4, -0.2) is 36.4 Å². The molecule has 0 heterocycles. The van der Waals surface area contributed by atoms with Gasteiger partial charge in [0.15, 0.2) is 6.10 Å². The van der Waals surface area contributed by atoms with Gasteiger partial charge in [0.25, 0.3) is 0 Å². The number of unbranched alkanes of at least 4 members (excludes halogenated alkanes) is 44. The van der Waals surface area contributed by atoms with Gasteiger partial charge >= 0.3 is 11.9 Å². The zero-order chi connectivity index (χ0) is 56.2. The molecule has 0 aromatic heterocycles. The van der Waals surface area contributed by atoms with Crippen LogP contribution in [0.2, 0.25) is 0 Å². The van der Waals surface area contributed by atoms with E-state index in [1.165, 1.54) is 270 Å². The molecule has 1 atom stereocenters. The molecule has 78 heavy (non-hydrogen) atoms. The third-order valence-corrected chi connectivity index (χ3v) is 15.5. The Bertz CT molecular complexity index is 1370. The van der Waals surface area contributed by atoms with Gasteiger partial charge in [0.05, 0.1) is 6.61 Å². The molecule has 0 radical (unpaired) electrons. The molecule has 0 spiro atoms. The van der Waals surface area contributed by atoms with Crippen LogP contribution in [0.3, 0.4) is 0 Å². The first-order valence-corrected chi connectivity index (χ1v) is 34.5. The Balaban J connectivity index is 3.41. The van der Waals surface area contributed by atoms with E-state index in [1.54, 1.807) is 0 Å². The normalized spacial score (nSPS) is 12.6. The van der Waals surface area contributed by atoms with Gasteiger partial charge in [0.2, 0.25) is 0 Å². The highest BCUT2D eigenvalue weighted by Gasteiger charge is 2.16. The van der Waals surface area contributed by atoms with Crippen molar-refractivity contribution in [3.63, 3.8) is 0 Å². The number of aliphatic hydroxyl groups excluding tert-OH is 1. The number of hydrogen-bond donors (Lipinski definition) is 1. The summed E-state index contributed by atoms with van der Waals surface area (Å²) in [5.41, 5.74) is 0. The molecule has 0 bridgehead atoms. The number of carbonyl (C=O) groups excluding carboxylic acids is 2. The van der Waals surface area contributed by atoms with Crippen LogP contribution in [0.25, 0.3) is 0 Å². The predicted molar refractivity (Wildman–Crippen MR) is 343 cm³/mol. The molecule has 0 aliphatic carbocycles. The number of esters is 2. The zero-order valence-corrected chi connectivity index (χ0v) is 52.2. The lowest BCUT2D eigenvalue weighted by molar-refractivity contribution is -0.161. The summed E-state index contributed by atoms with van der Waals surface area (Å²) < 4.78 is 10.7. The van der Waals surface area contributed by atoms with E-state index in [0.717, 1.165) is 64.2 Å². The molecule has 1 N–H and O–H groups in total. The van der Waals surface area contributed by atoms with Crippen LogP contribution in [0.1, 0.15) is 361 Å². The Morgan fingerprint density at radius 1 is 0.295 bits per heavy atom. The Kier molecular flexibility index (Phi) is 66.3. The average Bonchev–Trinajstić information content (AvgIpc) is 3.44. The summed E-state index contributed by atoms with van der Waals surface area (Å²) >= 11 is 0. The fourth-order valence-corrected chi connectivity index (χ4v) is 10.3. The summed E-state index contributed by atoms with van der Waals surface area (Å²) in [6.07, 6.45) is 95.1. The molecular formula is C73H132O5. The molecule has 454 valence electrons. The predicted octanol–water partition coefficient (Wildman–Crippen LogP) is 23.9. The number of ether oxygens (including phenoxy) is 2. The van der Waals surface area contributed by atoms with E-state index in [2.05, 4.69) is 86.8 Å². The molecule has 0 aromatic carbocycles. The number of allylic oxidation sites excluding steroid dienone is 12. The lowest BCUT2D eigenvalue weighted by Crippen LogP contribution is -2.28. The van der Waals surface area contributed by atoms with E-state index >= 15 is 0 Å². The summed E-state index contributed by atoms with van der Waals surface area (Å²) in [5, 5.41) is 9.69. The molecule has 0 amide bonds. The summed E-state index contributed by atoms with van der Waals surface area (Å²) in [6.45, 7) is 4.15. The monoisotopic (exact) mass is 1090 g/mol. The second-order valence-electron chi connectivity index (χ2n) is 23.3. The van der Waals surface area contributed by atoms with Crippen LogP contribution >= 0.6 is 0 Å². The lowest BCUT2D eigenvalue weighted by Gasteiger charge is -2.15. The molecule has 0 saturated heterocycles. The highest BCUT2D eigenvalue weighted by atomic mass is 16.6. The van der Waals surface area contributed by atoms with Crippen molar-refractivity contribution >= 4 is 11.9 Å². The van der Waals surface area contributed by atoms with E-state index < -0.39 is 6.10 Å². The topological polar surface area (TPSA) is 72.8 Å². The molecule has 1 unspecified atom stereocenters. The molecule has 0 rings (SSSR count). The summed E-state index contributed by atoms with van der Waals surface area (Å²) in [6, 6.07) is 0. The number of carbonyl (C=O) groups is 2. The summed E-state index contributed by atoms with van der Waals surface area (Å²) in [5.74, 6) is -0.584. The highest BCUT2D eigenvalue weighted by molar-refractivity contribution is 5.70. The van der Waals surface area contributed by atoms with Gasteiger partial charge in [-0.05, 0) is 89.9 Å². The van der Waals surface area contributed by atoms with Gasteiger partial charge in [-0.1, -0.05) is 331 Å².